The van der Waals surface area contributed by atoms with Gasteiger partial charge in [-0.15, -0.1) is 11.6 Å². The number of hydrogen-bond acceptors (Lipinski definition) is 5. The summed E-state index contributed by atoms with van der Waals surface area (Å²) in [6.07, 6.45) is 1.64. The Morgan fingerprint density at radius 3 is 2.65 bits per heavy atom. The molecule has 1 aliphatic rings. The van der Waals surface area contributed by atoms with Crippen LogP contribution in [0.4, 0.5) is 5.69 Å². The number of halogens is 2. The van der Waals surface area contributed by atoms with Crippen LogP contribution in [-0.2, 0) is 4.79 Å². The fourth-order valence-corrected chi connectivity index (χ4v) is 2.98. The molecule has 1 aliphatic heterocycles. The largest absolute Gasteiger partial charge is 0.495 e. The first-order valence-electron chi connectivity index (χ1n) is 8.74. The molecule has 2 rings (SSSR count). The standard InChI is InChI=1S/C18H26Cl2N4O2/c1-4-24(21-12-14(2)19)13-18(25)23-9-7-22(8-10-23)15-5-6-16(20)17(11-15)26-3/h5-6,11-12,14H,4,7-10,13H2,1-3H3/b21-12-. The van der Waals surface area contributed by atoms with Crippen molar-refractivity contribution in [3.8, 4) is 5.75 Å². The van der Waals surface area contributed by atoms with E-state index >= 15 is 0 Å². The Hall–Kier alpha value is -1.66. The molecule has 0 N–H and O–H groups in total. The quantitative estimate of drug-likeness (QED) is 0.401. The Bertz CT molecular complexity index is 632. The van der Waals surface area contributed by atoms with E-state index in [0.717, 1.165) is 18.8 Å². The lowest BCUT2D eigenvalue weighted by Crippen LogP contribution is -2.51. The van der Waals surface area contributed by atoms with Crippen molar-refractivity contribution in [3.05, 3.63) is 23.2 Å². The zero-order valence-corrected chi connectivity index (χ0v) is 17.0. The molecule has 0 aliphatic carbocycles. The SMILES string of the molecule is CCN(CC(=O)N1CCN(c2ccc(Cl)c(OC)c2)CC1)/N=C\C(C)Cl. The van der Waals surface area contributed by atoms with Crippen molar-refractivity contribution in [2.45, 2.75) is 19.2 Å². The van der Waals surface area contributed by atoms with Gasteiger partial charge in [-0.25, -0.2) is 0 Å². The van der Waals surface area contributed by atoms with Crippen LogP contribution in [0.5, 0.6) is 5.75 Å². The van der Waals surface area contributed by atoms with E-state index < -0.39 is 0 Å². The van der Waals surface area contributed by atoms with Crippen LogP contribution in [0.1, 0.15) is 13.8 Å². The molecular formula is C18H26Cl2N4O2. The molecule has 26 heavy (non-hydrogen) atoms. The lowest BCUT2D eigenvalue weighted by Gasteiger charge is -2.36. The average Bonchev–Trinajstić information content (AvgIpc) is 2.65. The number of anilines is 1. The minimum atomic E-state index is -0.154. The van der Waals surface area contributed by atoms with E-state index in [0.29, 0.717) is 30.4 Å². The Labute approximate surface area is 165 Å². The predicted molar refractivity (Wildman–Crippen MR) is 108 cm³/mol. The highest BCUT2D eigenvalue weighted by Crippen LogP contribution is 2.29. The molecule has 1 fully saturated rings. The molecule has 0 aromatic heterocycles. The molecule has 8 heteroatoms. The van der Waals surface area contributed by atoms with E-state index in [1.807, 2.05) is 36.9 Å². The van der Waals surface area contributed by atoms with Crippen molar-refractivity contribution < 1.29 is 9.53 Å². The lowest BCUT2D eigenvalue weighted by atomic mass is 10.2. The Morgan fingerprint density at radius 1 is 1.38 bits per heavy atom. The topological polar surface area (TPSA) is 48.4 Å². The third-order valence-electron chi connectivity index (χ3n) is 4.25. The van der Waals surface area contributed by atoms with Crippen molar-refractivity contribution >= 4 is 41.0 Å². The van der Waals surface area contributed by atoms with E-state index in [1.54, 1.807) is 18.3 Å². The number of hydrogen-bond donors (Lipinski definition) is 0. The van der Waals surface area contributed by atoms with E-state index in [-0.39, 0.29) is 17.8 Å². The number of piperazine rings is 1. The number of alkyl halides is 1. The third-order valence-corrected chi connectivity index (χ3v) is 4.68. The molecule has 0 radical (unpaired) electrons. The van der Waals surface area contributed by atoms with Crippen molar-refractivity contribution in [3.63, 3.8) is 0 Å². The van der Waals surface area contributed by atoms with Crippen LogP contribution in [0.2, 0.25) is 5.02 Å². The molecule has 1 heterocycles. The van der Waals surface area contributed by atoms with Crippen LogP contribution in [0.3, 0.4) is 0 Å². The zero-order chi connectivity index (χ0) is 19.1. The first kappa shape index (κ1) is 20.6. The summed E-state index contributed by atoms with van der Waals surface area (Å²) in [4.78, 5) is 16.6. The summed E-state index contributed by atoms with van der Waals surface area (Å²) in [5, 5.41) is 6.43. The van der Waals surface area contributed by atoms with E-state index in [9.17, 15) is 4.79 Å². The van der Waals surface area contributed by atoms with Gasteiger partial charge in [0, 0.05) is 50.7 Å². The van der Waals surface area contributed by atoms with Gasteiger partial charge >= 0.3 is 0 Å². The maximum atomic E-state index is 12.5. The second-order valence-corrected chi connectivity index (χ2v) is 7.21. The number of carbonyl (C=O) groups excluding carboxylic acids is 1. The van der Waals surface area contributed by atoms with Crippen LogP contribution in [0.25, 0.3) is 0 Å². The minimum Gasteiger partial charge on any atom is -0.495 e. The van der Waals surface area contributed by atoms with E-state index in [2.05, 4.69) is 10.0 Å². The van der Waals surface area contributed by atoms with Crippen molar-refractivity contribution in [2.75, 3.05) is 51.3 Å². The van der Waals surface area contributed by atoms with Crippen LogP contribution >= 0.6 is 23.2 Å². The molecule has 1 atom stereocenters. The van der Waals surface area contributed by atoms with Crippen LogP contribution in [-0.4, -0.2) is 73.8 Å². The maximum Gasteiger partial charge on any atom is 0.243 e. The summed E-state index contributed by atoms with van der Waals surface area (Å²) in [7, 11) is 1.61. The van der Waals surface area contributed by atoms with Gasteiger partial charge in [0.2, 0.25) is 5.91 Å². The van der Waals surface area contributed by atoms with Gasteiger partial charge in [0.05, 0.1) is 17.5 Å². The van der Waals surface area contributed by atoms with Crippen LogP contribution in [0.15, 0.2) is 23.3 Å². The molecule has 0 spiro atoms. The highest BCUT2D eigenvalue weighted by atomic mass is 35.5. The first-order chi connectivity index (χ1) is 12.4. The zero-order valence-electron chi connectivity index (χ0n) is 15.5. The highest BCUT2D eigenvalue weighted by Gasteiger charge is 2.22. The monoisotopic (exact) mass is 400 g/mol. The second kappa shape index (κ2) is 9.88. The smallest absolute Gasteiger partial charge is 0.243 e. The minimum absolute atomic E-state index is 0.0829. The van der Waals surface area contributed by atoms with Gasteiger partial charge in [-0.1, -0.05) is 11.6 Å². The molecule has 1 aromatic carbocycles. The molecule has 1 saturated heterocycles. The molecule has 0 saturated carbocycles. The van der Waals surface area contributed by atoms with Crippen molar-refractivity contribution in [1.29, 1.82) is 0 Å². The molecular weight excluding hydrogens is 375 g/mol. The Balaban J connectivity index is 1.90. The number of methoxy groups -OCH3 is 1. The normalized spacial score (nSPS) is 16.0. The van der Waals surface area contributed by atoms with Gasteiger partial charge in [-0.3, -0.25) is 9.80 Å². The number of amides is 1. The third kappa shape index (κ3) is 5.68. The van der Waals surface area contributed by atoms with Crippen LogP contribution < -0.4 is 9.64 Å². The number of rotatable bonds is 7. The number of carbonyl (C=O) groups is 1. The van der Waals surface area contributed by atoms with Crippen molar-refractivity contribution in [1.82, 2.24) is 9.91 Å². The molecule has 6 nitrogen and oxygen atoms in total. The Morgan fingerprint density at radius 2 is 2.08 bits per heavy atom. The highest BCUT2D eigenvalue weighted by molar-refractivity contribution is 6.32. The van der Waals surface area contributed by atoms with Crippen molar-refractivity contribution in [2.24, 2.45) is 5.10 Å². The molecule has 0 bridgehead atoms. The van der Waals surface area contributed by atoms with Gasteiger partial charge in [-0.05, 0) is 26.0 Å². The lowest BCUT2D eigenvalue weighted by molar-refractivity contribution is -0.132. The number of ether oxygens (including phenoxy) is 1. The van der Waals surface area contributed by atoms with Gasteiger partial charge in [-0.2, -0.15) is 5.10 Å². The number of likely N-dealkylation sites (N-methyl/N-ethyl adjacent to an activating group) is 1. The number of benzene rings is 1. The summed E-state index contributed by atoms with van der Waals surface area (Å²) in [6, 6.07) is 5.74. The summed E-state index contributed by atoms with van der Waals surface area (Å²) in [6.45, 7) is 7.63. The predicted octanol–water partition coefficient (Wildman–Crippen LogP) is 2.93. The summed E-state index contributed by atoms with van der Waals surface area (Å²) >= 11 is 12.0. The van der Waals surface area contributed by atoms with Gasteiger partial charge in [0.1, 0.15) is 12.3 Å². The van der Waals surface area contributed by atoms with Gasteiger partial charge in [0.25, 0.3) is 0 Å². The maximum absolute atomic E-state index is 12.5. The second-order valence-electron chi connectivity index (χ2n) is 6.11. The Kier molecular flexibility index (Phi) is 7.85. The fraction of sp³-hybridized carbons (Fsp3) is 0.556. The molecule has 1 amide bonds. The summed E-state index contributed by atoms with van der Waals surface area (Å²) < 4.78 is 5.28. The van der Waals surface area contributed by atoms with Gasteiger partial charge in [0.15, 0.2) is 0 Å². The number of nitrogens with zero attached hydrogens (tertiary/aromatic N) is 4. The fourth-order valence-electron chi connectivity index (χ4n) is 2.74. The molecule has 144 valence electrons. The average molecular weight is 401 g/mol. The summed E-state index contributed by atoms with van der Waals surface area (Å²) in [5.41, 5.74) is 1.05. The first-order valence-corrected chi connectivity index (χ1v) is 9.55. The van der Waals surface area contributed by atoms with Gasteiger partial charge < -0.3 is 14.5 Å². The molecule has 1 unspecified atom stereocenters. The molecule has 1 aromatic rings. The number of hydrazone groups is 1. The van der Waals surface area contributed by atoms with Crippen LogP contribution in [0, 0.1) is 0 Å². The van der Waals surface area contributed by atoms with E-state index in [1.165, 1.54) is 0 Å². The van der Waals surface area contributed by atoms with E-state index in [4.69, 9.17) is 27.9 Å². The summed E-state index contributed by atoms with van der Waals surface area (Å²) in [5.74, 6) is 0.743.